The molecule has 1 amide bonds. The van der Waals surface area contributed by atoms with Crippen LogP contribution in [0.2, 0.25) is 0 Å². The van der Waals surface area contributed by atoms with Crippen LogP contribution in [0.15, 0.2) is 24.8 Å². The van der Waals surface area contributed by atoms with E-state index in [-0.39, 0.29) is 5.91 Å². The topological polar surface area (TPSA) is 62.5 Å². The van der Waals surface area contributed by atoms with Gasteiger partial charge < -0.3 is 10.2 Å². The smallest absolute Gasteiger partial charge is 0.258 e. The molecule has 0 radical (unpaired) electrons. The lowest BCUT2D eigenvalue weighted by Crippen LogP contribution is -2.46. The molecule has 6 heteroatoms. The summed E-state index contributed by atoms with van der Waals surface area (Å²) in [6.45, 7) is 1.92. The van der Waals surface area contributed by atoms with E-state index in [4.69, 9.17) is 0 Å². The van der Waals surface area contributed by atoms with E-state index in [0.29, 0.717) is 17.6 Å². The van der Waals surface area contributed by atoms with E-state index >= 15 is 0 Å². The molecule has 2 unspecified atom stereocenters. The van der Waals surface area contributed by atoms with E-state index in [9.17, 15) is 4.79 Å². The number of hydrogen-bond donors (Lipinski definition) is 1. The van der Waals surface area contributed by atoms with E-state index in [1.54, 1.807) is 29.3 Å². The van der Waals surface area contributed by atoms with Gasteiger partial charge >= 0.3 is 0 Å². The molecule has 2 aliphatic rings. The Morgan fingerprint density at radius 2 is 2.24 bits per heavy atom. The molecule has 2 aliphatic heterocycles. The highest BCUT2D eigenvalue weighted by Crippen LogP contribution is 2.27. The SMILES string of the molecule is O=C(c1cnn2ccncc12)N1CCCC1C1CCCN1. The van der Waals surface area contributed by atoms with Crippen molar-refractivity contribution in [2.45, 2.75) is 37.8 Å². The molecular weight excluding hydrogens is 266 g/mol. The molecule has 1 N–H and O–H groups in total. The lowest BCUT2D eigenvalue weighted by atomic mass is 10.0. The zero-order valence-corrected chi connectivity index (χ0v) is 11.9. The van der Waals surface area contributed by atoms with Crippen LogP contribution < -0.4 is 5.32 Å². The highest BCUT2D eigenvalue weighted by atomic mass is 16.2. The molecule has 4 heterocycles. The van der Waals surface area contributed by atoms with Crippen LogP contribution in [0.1, 0.15) is 36.0 Å². The summed E-state index contributed by atoms with van der Waals surface area (Å²) in [4.78, 5) is 19.0. The van der Waals surface area contributed by atoms with E-state index in [1.807, 2.05) is 4.90 Å². The van der Waals surface area contributed by atoms with Gasteiger partial charge in [0, 0.05) is 31.0 Å². The molecule has 2 fully saturated rings. The van der Waals surface area contributed by atoms with Crippen molar-refractivity contribution >= 4 is 11.4 Å². The van der Waals surface area contributed by atoms with Crippen molar-refractivity contribution in [1.29, 1.82) is 0 Å². The Morgan fingerprint density at radius 3 is 3.10 bits per heavy atom. The third-order valence-corrected chi connectivity index (χ3v) is 4.68. The number of hydrogen-bond acceptors (Lipinski definition) is 4. The fraction of sp³-hybridized carbons (Fsp3) is 0.533. The van der Waals surface area contributed by atoms with Crippen LogP contribution in [0.5, 0.6) is 0 Å². The Hall–Kier alpha value is -1.95. The number of carbonyl (C=O) groups is 1. The third-order valence-electron chi connectivity index (χ3n) is 4.68. The fourth-order valence-electron chi connectivity index (χ4n) is 3.66. The summed E-state index contributed by atoms with van der Waals surface area (Å²) in [6.07, 6.45) is 11.4. The van der Waals surface area contributed by atoms with Gasteiger partial charge in [-0.15, -0.1) is 0 Å². The second-order valence-electron chi connectivity index (χ2n) is 5.88. The van der Waals surface area contributed by atoms with Gasteiger partial charge in [0.1, 0.15) is 0 Å². The number of aromatic nitrogens is 3. The lowest BCUT2D eigenvalue weighted by molar-refractivity contribution is 0.0713. The van der Waals surface area contributed by atoms with Crippen LogP contribution in [0.3, 0.4) is 0 Å². The summed E-state index contributed by atoms with van der Waals surface area (Å²) in [5.41, 5.74) is 1.44. The predicted molar refractivity (Wildman–Crippen MR) is 78.1 cm³/mol. The van der Waals surface area contributed by atoms with E-state index in [2.05, 4.69) is 15.4 Å². The van der Waals surface area contributed by atoms with Gasteiger partial charge in [-0.05, 0) is 32.2 Å². The van der Waals surface area contributed by atoms with Crippen LogP contribution in [-0.2, 0) is 0 Å². The maximum absolute atomic E-state index is 12.9. The van der Waals surface area contributed by atoms with E-state index in [0.717, 1.165) is 31.4 Å². The first kappa shape index (κ1) is 12.8. The molecule has 0 bridgehead atoms. The van der Waals surface area contributed by atoms with Crippen LogP contribution in [0.4, 0.5) is 0 Å². The molecule has 0 saturated carbocycles. The first-order chi connectivity index (χ1) is 10.3. The summed E-state index contributed by atoms with van der Waals surface area (Å²) >= 11 is 0. The van der Waals surface area contributed by atoms with Gasteiger partial charge in [0.15, 0.2) is 0 Å². The lowest BCUT2D eigenvalue weighted by Gasteiger charge is -2.29. The van der Waals surface area contributed by atoms with Gasteiger partial charge in [-0.25, -0.2) is 4.52 Å². The average molecular weight is 285 g/mol. The number of amides is 1. The van der Waals surface area contributed by atoms with Crippen molar-refractivity contribution in [3.8, 4) is 0 Å². The fourth-order valence-corrected chi connectivity index (χ4v) is 3.66. The average Bonchev–Trinajstić information content (AvgIpc) is 3.25. The molecule has 21 heavy (non-hydrogen) atoms. The molecule has 0 aromatic carbocycles. The highest BCUT2D eigenvalue weighted by molar-refractivity contribution is 6.00. The summed E-state index contributed by atoms with van der Waals surface area (Å²) < 4.78 is 1.71. The third kappa shape index (κ3) is 2.10. The summed E-state index contributed by atoms with van der Waals surface area (Å²) in [6, 6.07) is 0.781. The quantitative estimate of drug-likeness (QED) is 0.897. The first-order valence-electron chi connectivity index (χ1n) is 7.66. The van der Waals surface area contributed by atoms with Gasteiger partial charge in [-0.1, -0.05) is 0 Å². The molecule has 110 valence electrons. The van der Waals surface area contributed by atoms with E-state index in [1.165, 1.54) is 12.8 Å². The van der Waals surface area contributed by atoms with Crippen LogP contribution in [-0.4, -0.2) is 50.6 Å². The first-order valence-corrected chi connectivity index (χ1v) is 7.66. The normalized spacial score (nSPS) is 25.8. The van der Waals surface area contributed by atoms with Crippen LogP contribution >= 0.6 is 0 Å². The molecule has 4 rings (SSSR count). The van der Waals surface area contributed by atoms with Crippen molar-refractivity contribution in [2.75, 3.05) is 13.1 Å². The second kappa shape index (κ2) is 5.11. The van der Waals surface area contributed by atoms with Crippen molar-refractivity contribution in [3.63, 3.8) is 0 Å². The Balaban J connectivity index is 1.64. The van der Waals surface area contributed by atoms with Crippen molar-refractivity contribution in [3.05, 3.63) is 30.4 Å². The minimum atomic E-state index is 0.0919. The number of carbonyl (C=O) groups excluding carboxylic acids is 1. The number of rotatable bonds is 2. The zero-order valence-electron chi connectivity index (χ0n) is 11.9. The van der Waals surface area contributed by atoms with Crippen molar-refractivity contribution in [1.82, 2.24) is 24.8 Å². The Bertz CT molecular complexity index is 661. The number of fused-ring (bicyclic) bond motifs is 1. The Labute approximate surface area is 123 Å². The second-order valence-corrected chi connectivity index (χ2v) is 5.88. The molecular formula is C15H19N5O. The maximum Gasteiger partial charge on any atom is 0.258 e. The molecule has 2 atom stereocenters. The van der Waals surface area contributed by atoms with Crippen molar-refractivity contribution < 1.29 is 4.79 Å². The summed E-state index contributed by atoms with van der Waals surface area (Å²) in [7, 11) is 0. The van der Waals surface area contributed by atoms with E-state index < -0.39 is 0 Å². The van der Waals surface area contributed by atoms with Crippen LogP contribution in [0, 0.1) is 0 Å². The van der Waals surface area contributed by atoms with Gasteiger partial charge in [-0.2, -0.15) is 5.10 Å². The predicted octanol–water partition coefficient (Wildman–Crippen LogP) is 1.09. The largest absolute Gasteiger partial charge is 0.334 e. The summed E-state index contributed by atoms with van der Waals surface area (Å²) in [5.74, 6) is 0.0919. The molecule has 0 spiro atoms. The van der Waals surface area contributed by atoms with Gasteiger partial charge in [0.2, 0.25) is 0 Å². The Kier molecular flexibility index (Phi) is 3.11. The molecule has 6 nitrogen and oxygen atoms in total. The molecule has 2 saturated heterocycles. The highest BCUT2D eigenvalue weighted by Gasteiger charge is 2.36. The number of nitrogens with one attached hydrogen (secondary N) is 1. The molecule has 2 aromatic heterocycles. The minimum Gasteiger partial charge on any atom is -0.334 e. The maximum atomic E-state index is 12.9. The Morgan fingerprint density at radius 1 is 1.29 bits per heavy atom. The zero-order chi connectivity index (χ0) is 14.2. The van der Waals surface area contributed by atoms with Gasteiger partial charge in [-0.3, -0.25) is 9.78 Å². The van der Waals surface area contributed by atoms with Gasteiger partial charge in [0.05, 0.1) is 23.5 Å². The molecule has 0 aliphatic carbocycles. The monoisotopic (exact) mass is 285 g/mol. The van der Waals surface area contributed by atoms with Crippen molar-refractivity contribution in [2.24, 2.45) is 0 Å². The molecule has 2 aromatic rings. The number of nitrogens with zero attached hydrogens (tertiary/aromatic N) is 4. The number of likely N-dealkylation sites (tertiary alicyclic amines) is 1. The minimum absolute atomic E-state index is 0.0919. The summed E-state index contributed by atoms with van der Waals surface area (Å²) in [5, 5.41) is 7.79. The van der Waals surface area contributed by atoms with Gasteiger partial charge in [0.25, 0.3) is 5.91 Å². The standard InChI is InChI=1S/C15H19N5O/c21-15(11-9-18-20-8-6-16-10-14(11)20)19-7-2-4-13(19)12-3-1-5-17-12/h6,8-10,12-13,17H,1-5,7H2. The van der Waals surface area contributed by atoms with Crippen LogP contribution in [0.25, 0.3) is 5.52 Å².